The van der Waals surface area contributed by atoms with E-state index in [2.05, 4.69) is 30.7 Å². The van der Waals surface area contributed by atoms with Gasteiger partial charge in [0.1, 0.15) is 5.69 Å². The highest BCUT2D eigenvalue weighted by atomic mass is 16.4. The first kappa shape index (κ1) is 22.3. The van der Waals surface area contributed by atoms with E-state index in [4.69, 9.17) is 15.9 Å². The normalized spacial score (nSPS) is 10.9. The largest absolute Gasteiger partial charge is 0.477 e. The van der Waals surface area contributed by atoms with Gasteiger partial charge in [0.05, 0.1) is 6.61 Å². The number of carbonyl (C=O) groups is 1. The molecule has 0 bridgehead atoms. The van der Waals surface area contributed by atoms with Crippen LogP contribution in [0.5, 0.6) is 0 Å². The molecular weight excluding hydrogens is 350 g/mol. The van der Waals surface area contributed by atoms with Crippen LogP contribution < -0.4 is 17.0 Å². The Hall–Kier alpha value is -2.71. The average molecular weight is 377 g/mol. The molecule has 2 aromatic rings. The second-order valence-corrected chi connectivity index (χ2v) is 7.03. The van der Waals surface area contributed by atoms with E-state index in [-0.39, 0.29) is 29.7 Å². The number of rotatable bonds is 5. The number of hydrogen-bond donors (Lipinski definition) is 5. The standard InChI is InChI=1S/C17H20N2O4.C2H7NO/c1-17(2,3)11-7-4-10(5-8-11)6-9-12-13(15(21)22)18-16(23)19-14(12)20;3-1-2-4/h4-5,7-8H,6,9H2,1-3H3,(H,21,22)(H2,18,19,20,23);4H,1-3H2. The van der Waals surface area contributed by atoms with Crippen molar-refractivity contribution in [2.75, 3.05) is 13.2 Å². The lowest BCUT2D eigenvalue weighted by Gasteiger charge is -2.19. The second kappa shape index (κ2) is 9.84. The molecule has 6 N–H and O–H groups in total. The van der Waals surface area contributed by atoms with Gasteiger partial charge in [0.15, 0.2) is 0 Å². The Morgan fingerprint density at radius 1 is 1.07 bits per heavy atom. The SMILES string of the molecule is CC(C)(C)c1ccc(CCc2c(C(=O)O)[nH]c(=O)[nH]c2=O)cc1.NCCO. The fourth-order valence-electron chi connectivity index (χ4n) is 2.37. The lowest BCUT2D eigenvalue weighted by Crippen LogP contribution is -2.30. The van der Waals surface area contributed by atoms with Gasteiger partial charge in [-0.1, -0.05) is 45.0 Å². The minimum Gasteiger partial charge on any atom is -0.477 e. The van der Waals surface area contributed by atoms with Gasteiger partial charge < -0.3 is 20.9 Å². The number of aromatic carboxylic acids is 1. The molecule has 2 rings (SSSR count). The highest BCUT2D eigenvalue weighted by molar-refractivity contribution is 5.86. The molecule has 0 atom stereocenters. The van der Waals surface area contributed by atoms with Crippen LogP contribution in [0.25, 0.3) is 0 Å². The molecule has 1 aromatic carbocycles. The van der Waals surface area contributed by atoms with Crippen LogP contribution in [0.3, 0.4) is 0 Å². The zero-order valence-corrected chi connectivity index (χ0v) is 15.8. The molecule has 0 saturated heterocycles. The van der Waals surface area contributed by atoms with Crippen molar-refractivity contribution in [1.29, 1.82) is 0 Å². The number of aliphatic hydroxyl groups is 1. The monoisotopic (exact) mass is 377 g/mol. The quantitative estimate of drug-likeness (QED) is 0.520. The van der Waals surface area contributed by atoms with Crippen molar-refractivity contribution < 1.29 is 15.0 Å². The van der Waals surface area contributed by atoms with E-state index < -0.39 is 17.2 Å². The van der Waals surface area contributed by atoms with Gasteiger partial charge in [0, 0.05) is 12.1 Å². The fourth-order valence-corrected chi connectivity index (χ4v) is 2.37. The molecule has 0 radical (unpaired) electrons. The predicted octanol–water partition coefficient (Wildman–Crippen LogP) is 0.782. The number of H-pyrrole nitrogens is 2. The molecule has 27 heavy (non-hydrogen) atoms. The molecule has 8 nitrogen and oxygen atoms in total. The van der Waals surface area contributed by atoms with Crippen molar-refractivity contribution in [3.8, 4) is 0 Å². The van der Waals surface area contributed by atoms with Crippen LogP contribution in [-0.4, -0.2) is 39.3 Å². The Labute approximate surface area is 157 Å². The third kappa shape index (κ3) is 6.84. The second-order valence-electron chi connectivity index (χ2n) is 7.03. The number of nitrogens with one attached hydrogen (secondary N) is 2. The first-order valence-corrected chi connectivity index (χ1v) is 8.59. The summed E-state index contributed by atoms with van der Waals surface area (Å²) in [6.07, 6.45) is 0.752. The Kier molecular flexibility index (Phi) is 8.14. The molecular formula is C19H27N3O5. The maximum atomic E-state index is 11.8. The van der Waals surface area contributed by atoms with Crippen molar-refractivity contribution in [3.63, 3.8) is 0 Å². The van der Waals surface area contributed by atoms with E-state index in [1.165, 1.54) is 5.56 Å². The van der Waals surface area contributed by atoms with Gasteiger partial charge in [-0.2, -0.15) is 0 Å². The number of aromatic nitrogens is 2. The number of aromatic amines is 2. The number of hydrogen-bond acceptors (Lipinski definition) is 5. The number of benzene rings is 1. The molecule has 0 unspecified atom stereocenters. The average Bonchev–Trinajstić information content (AvgIpc) is 2.60. The highest BCUT2D eigenvalue weighted by Crippen LogP contribution is 2.22. The minimum absolute atomic E-state index is 0.0606. The Balaban J connectivity index is 0.000000828. The van der Waals surface area contributed by atoms with Crippen molar-refractivity contribution in [3.05, 3.63) is 67.5 Å². The number of carboxylic acid groups (broad SMARTS) is 1. The zero-order valence-electron chi connectivity index (χ0n) is 15.8. The smallest absolute Gasteiger partial charge is 0.352 e. The maximum Gasteiger partial charge on any atom is 0.352 e. The lowest BCUT2D eigenvalue weighted by atomic mass is 9.86. The third-order valence-electron chi connectivity index (χ3n) is 3.87. The Morgan fingerprint density at radius 2 is 1.63 bits per heavy atom. The van der Waals surface area contributed by atoms with Crippen LogP contribution >= 0.6 is 0 Å². The highest BCUT2D eigenvalue weighted by Gasteiger charge is 2.16. The van der Waals surface area contributed by atoms with Crippen molar-refractivity contribution in [2.24, 2.45) is 5.73 Å². The van der Waals surface area contributed by atoms with E-state index in [0.717, 1.165) is 5.56 Å². The summed E-state index contributed by atoms with van der Waals surface area (Å²) < 4.78 is 0. The van der Waals surface area contributed by atoms with Crippen LogP contribution in [0, 0.1) is 0 Å². The molecule has 0 fully saturated rings. The van der Waals surface area contributed by atoms with Gasteiger partial charge >= 0.3 is 11.7 Å². The van der Waals surface area contributed by atoms with Crippen LogP contribution in [0.1, 0.15) is 48.0 Å². The summed E-state index contributed by atoms with van der Waals surface area (Å²) in [4.78, 5) is 38.4. The first-order valence-electron chi connectivity index (χ1n) is 8.59. The molecule has 148 valence electrons. The fraction of sp³-hybridized carbons (Fsp3) is 0.421. The molecule has 1 aromatic heterocycles. The summed E-state index contributed by atoms with van der Waals surface area (Å²) in [5.41, 5.74) is 5.31. The zero-order chi connectivity index (χ0) is 20.6. The van der Waals surface area contributed by atoms with Crippen molar-refractivity contribution in [1.82, 2.24) is 9.97 Å². The van der Waals surface area contributed by atoms with E-state index >= 15 is 0 Å². The maximum absolute atomic E-state index is 11.8. The summed E-state index contributed by atoms with van der Waals surface area (Å²) in [7, 11) is 0. The van der Waals surface area contributed by atoms with Gasteiger partial charge in [-0.15, -0.1) is 0 Å². The number of aryl methyl sites for hydroxylation is 1. The van der Waals surface area contributed by atoms with Crippen LogP contribution in [0.2, 0.25) is 0 Å². The van der Waals surface area contributed by atoms with Gasteiger partial charge in [-0.05, 0) is 29.4 Å². The summed E-state index contributed by atoms with van der Waals surface area (Å²) in [6.45, 7) is 6.85. The van der Waals surface area contributed by atoms with E-state index in [1.54, 1.807) is 0 Å². The number of nitrogens with two attached hydrogens (primary N) is 1. The molecule has 1 heterocycles. The summed E-state index contributed by atoms with van der Waals surface area (Å²) >= 11 is 0. The van der Waals surface area contributed by atoms with Crippen molar-refractivity contribution >= 4 is 5.97 Å². The van der Waals surface area contributed by atoms with E-state index in [1.807, 2.05) is 24.3 Å². The molecule has 8 heteroatoms. The molecule has 0 saturated carbocycles. The molecule has 0 aliphatic carbocycles. The molecule has 0 spiro atoms. The van der Waals surface area contributed by atoms with Crippen LogP contribution in [0.15, 0.2) is 33.9 Å². The summed E-state index contributed by atoms with van der Waals surface area (Å²) in [5, 5.41) is 16.9. The third-order valence-corrected chi connectivity index (χ3v) is 3.87. The lowest BCUT2D eigenvalue weighted by molar-refractivity contribution is 0.0688. The topological polar surface area (TPSA) is 149 Å². The molecule has 0 amide bonds. The van der Waals surface area contributed by atoms with Gasteiger partial charge in [-0.3, -0.25) is 9.78 Å². The predicted molar refractivity (Wildman–Crippen MR) is 103 cm³/mol. The minimum atomic E-state index is -1.31. The van der Waals surface area contributed by atoms with E-state index in [9.17, 15) is 14.4 Å². The molecule has 0 aliphatic rings. The van der Waals surface area contributed by atoms with Gasteiger partial charge in [-0.25, -0.2) is 9.59 Å². The Morgan fingerprint density at radius 3 is 2.07 bits per heavy atom. The Bertz CT molecular complexity index is 859. The first-order chi connectivity index (χ1) is 12.6. The van der Waals surface area contributed by atoms with Gasteiger partial charge in [0.2, 0.25) is 0 Å². The van der Waals surface area contributed by atoms with Gasteiger partial charge in [0.25, 0.3) is 5.56 Å². The number of carboxylic acids is 1. The summed E-state index contributed by atoms with van der Waals surface area (Å²) in [5.74, 6) is -1.31. The summed E-state index contributed by atoms with van der Waals surface area (Å²) in [6, 6.07) is 8.01. The van der Waals surface area contributed by atoms with Crippen molar-refractivity contribution in [2.45, 2.75) is 39.0 Å². The number of aliphatic hydroxyl groups excluding tert-OH is 1. The van der Waals surface area contributed by atoms with E-state index in [0.29, 0.717) is 13.0 Å². The molecule has 0 aliphatic heterocycles. The van der Waals surface area contributed by atoms with Crippen LogP contribution in [0.4, 0.5) is 0 Å². The van der Waals surface area contributed by atoms with Crippen LogP contribution in [-0.2, 0) is 18.3 Å².